The Morgan fingerprint density at radius 2 is 1.96 bits per heavy atom. The van der Waals surface area contributed by atoms with Crippen LogP contribution in [0.2, 0.25) is 0 Å². The van der Waals surface area contributed by atoms with Crippen molar-refractivity contribution in [1.82, 2.24) is 9.66 Å². The zero-order valence-corrected chi connectivity index (χ0v) is 12.9. The number of benzene rings is 1. The van der Waals surface area contributed by atoms with Gasteiger partial charge in [0.1, 0.15) is 5.82 Å². The first-order valence-corrected chi connectivity index (χ1v) is 7.51. The van der Waals surface area contributed by atoms with Crippen LogP contribution in [0.25, 0.3) is 11.0 Å². The van der Waals surface area contributed by atoms with E-state index >= 15 is 0 Å². The second-order valence-electron chi connectivity index (χ2n) is 5.25. The van der Waals surface area contributed by atoms with E-state index in [2.05, 4.69) is 4.98 Å². The van der Waals surface area contributed by atoms with Crippen LogP contribution in [0.15, 0.2) is 18.2 Å². The molecule has 1 aromatic carbocycles. The molecule has 0 unspecified atom stereocenters. The van der Waals surface area contributed by atoms with Crippen LogP contribution in [-0.2, 0) is 11.2 Å². The zero-order chi connectivity index (χ0) is 16.8. The molecule has 126 valence electrons. The van der Waals surface area contributed by atoms with E-state index in [0.717, 1.165) is 11.2 Å². The van der Waals surface area contributed by atoms with E-state index in [-0.39, 0.29) is 19.6 Å². The molecule has 23 heavy (non-hydrogen) atoms. The number of rotatable bonds is 9. The highest BCUT2D eigenvalue weighted by atomic mass is 16.4. The van der Waals surface area contributed by atoms with Gasteiger partial charge in [-0.05, 0) is 24.6 Å². The van der Waals surface area contributed by atoms with E-state index in [9.17, 15) is 4.79 Å². The van der Waals surface area contributed by atoms with Crippen LogP contribution >= 0.6 is 0 Å². The summed E-state index contributed by atoms with van der Waals surface area (Å²) in [7, 11) is 0. The lowest BCUT2D eigenvalue weighted by atomic mass is 10.2. The van der Waals surface area contributed by atoms with Crippen molar-refractivity contribution in [2.45, 2.75) is 19.3 Å². The van der Waals surface area contributed by atoms with Crippen LogP contribution in [0.1, 0.15) is 18.7 Å². The minimum absolute atomic E-state index is 0.0101. The van der Waals surface area contributed by atoms with E-state index in [4.69, 9.17) is 21.2 Å². The number of aryl methyl sites for hydroxylation is 1. The number of fused-ring (bicyclic) bond motifs is 1. The zero-order valence-electron chi connectivity index (χ0n) is 12.9. The van der Waals surface area contributed by atoms with Crippen LogP contribution in [0.5, 0.6) is 0 Å². The molecule has 8 heteroatoms. The lowest BCUT2D eigenvalue weighted by Crippen LogP contribution is -2.29. The van der Waals surface area contributed by atoms with Gasteiger partial charge < -0.3 is 26.1 Å². The number of anilines is 1. The Morgan fingerprint density at radius 1 is 1.26 bits per heavy atom. The average molecular weight is 322 g/mol. The van der Waals surface area contributed by atoms with Gasteiger partial charge in [-0.2, -0.15) is 0 Å². The first-order chi connectivity index (χ1) is 11.1. The SMILES string of the molecule is Nn1c(CCCC(=O)O)nc2cc(N(CCO)CCO)ccc21. The standard InChI is InChI=1S/C15H22N4O4/c16-19-13-5-4-11(18(6-8-20)7-9-21)10-12(13)17-14(19)2-1-3-15(22)23/h4-5,10,20-21H,1-3,6-9,16H2,(H,22,23). The van der Waals surface area contributed by atoms with Gasteiger partial charge in [-0.25, -0.2) is 9.66 Å². The van der Waals surface area contributed by atoms with Crippen LogP contribution in [-0.4, -0.2) is 57.3 Å². The summed E-state index contributed by atoms with van der Waals surface area (Å²) in [6, 6.07) is 5.55. The van der Waals surface area contributed by atoms with Crippen LogP contribution < -0.4 is 10.7 Å². The maximum atomic E-state index is 10.6. The molecule has 0 saturated carbocycles. The average Bonchev–Trinajstić information content (AvgIpc) is 2.83. The number of hydrogen-bond acceptors (Lipinski definition) is 6. The molecule has 0 aliphatic heterocycles. The summed E-state index contributed by atoms with van der Waals surface area (Å²) in [5.41, 5.74) is 2.30. The molecule has 8 nitrogen and oxygen atoms in total. The Hall–Kier alpha value is -2.32. The number of aromatic nitrogens is 2. The van der Waals surface area contributed by atoms with Crippen molar-refractivity contribution >= 4 is 22.7 Å². The predicted octanol–water partition coefficient (Wildman–Crippen LogP) is -0.0516. The topological polar surface area (TPSA) is 125 Å². The summed E-state index contributed by atoms with van der Waals surface area (Å²) in [4.78, 5) is 16.9. The molecule has 0 spiro atoms. The Balaban J connectivity index is 2.23. The summed E-state index contributed by atoms with van der Waals surface area (Å²) in [5.74, 6) is 5.81. The van der Waals surface area contributed by atoms with Crippen LogP contribution in [0.4, 0.5) is 5.69 Å². The number of aliphatic hydroxyl groups is 2. The van der Waals surface area contributed by atoms with Gasteiger partial charge in [-0.1, -0.05) is 0 Å². The minimum atomic E-state index is -0.837. The first kappa shape index (κ1) is 17.0. The van der Waals surface area contributed by atoms with Gasteiger partial charge in [-0.3, -0.25) is 4.79 Å². The molecule has 0 fully saturated rings. The third kappa shape index (κ3) is 4.11. The molecule has 1 heterocycles. The summed E-state index contributed by atoms with van der Waals surface area (Å²) >= 11 is 0. The fourth-order valence-corrected chi connectivity index (χ4v) is 2.52. The molecule has 0 amide bonds. The Labute approximate surface area is 133 Å². The molecular weight excluding hydrogens is 300 g/mol. The molecule has 5 N–H and O–H groups in total. The van der Waals surface area contributed by atoms with Gasteiger partial charge in [0.2, 0.25) is 0 Å². The van der Waals surface area contributed by atoms with Gasteiger partial charge in [0.15, 0.2) is 0 Å². The molecule has 0 radical (unpaired) electrons. The summed E-state index contributed by atoms with van der Waals surface area (Å²) in [5, 5.41) is 26.9. The van der Waals surface area contributed by atoms with Crippen molar-refractivity contribution in [2.75, 3.05) is 37.0 Å². The molecule has 1 aromatic heterocycles. The van der Waals surface area contributed by atoms with Crippen molar-refractivity contribution in [3.05, 3.63) is 24.0 Å². The van der Waals surface area contributed by atoms with Gasteiger partial charge in [0.25, 0.3) is 0 Å². The second-order valence-corrected chi connectivity index (χ2v) is 5.25. The molecule has 0 bridgehead atoms. The maximum Gasteiger partial charge on any atom is 0.303 e. The Bertz CT molecular complexity index is 665. The number of carboxylic acid groups (broad SMARTS) is 1. The second kappa shape index (κ2) is 7.80. The third-order valence-corrected chi connectivity index (χ3v) is 3.64. The first-order valence-electron chi connectivity index (χ1n) is 7.51. The van der Waals surface area contributed by atoms with Gasteiger partial charge in [-0.15, -0.1) is 0 Å². The highest BCUT2D eigenvalue weighted by Gasteiger charge is 2.12. The largest absolute Gasteiger partial charge is 0.481 e. The molecular formula is C15H22N4O4. The number of hydrogen-bond donors (Lipinski definition) is 4. The molecule has 2 rings (SSSR count). The van der Waals surface area contributed by atoms with E-state index in [1.165, 1.54) is 4.68 Å². The molecule has 0 aliphatic carbocycles. The molecule has 0 aliphatic rings. The van der Waals surface area contributed by atoms with Gasteiger partial charge >= 0.3 is 5.97 Å². The number of aliphatic hydroxyl groups excluding tert-OH is 2. The molecule has 2 aromatic rings. The van der Waals surface area contributed by atoms with Crippen molar-refractivity contribution in [3.63, 3.8) is 0 Å². The number of nitrogens with zero attached hydrogens (tertiary/aromatic N) is 3. The number of carbonyl (C=O) groups is 1. The smallest absolute Gasteiger partial charge is 0.303 e. The third-order valence-electron chi connectivity index (χ3n) is 3.64. The normalized spacial score (nSPS) is 11.0. The molecule has 0 atom stereocenters. The fourth-order valence-electron chi connectivity index (χ4n) is 2.52. The van der Waals surface area contributed by atoms with Crippen LogP contribution in [0, 0.1) is 0 Å². The van der Waals surface area contributed by atoms with Crippen molar-refractivity contribution in [1.29, 1.82) is 0 Å². The summed E-state index contributed by atoms with van der Waals surface area (Å²) in [6.07, 6.45) is 1.04. The quantitative estimate of drug-likeness (QED) is 0.477. The summed E-state index contributed by atoms with van der Waals surface area (Å²) in [6.45, 7) is 0.815. The number of aliphatic carboxylic acids is 1. The monoisotopic (exact) mass is 322 g/mol. The van der Waals surface area contributed by atoms with E-state index in [1.807, 2.05) is 23.1 Å². The Kier molecular flexibility index (Phi) is 5.78. The highest BCUT2D eigenvalue weighted by Crippen LogP contribution is 2.22. The summed E-state index contributed by atoms with van der Waals surface area (Å²) < 4.78 is 1.48. The minimum Gasteiger partial charge on any atom is -0.481 e. The molecule has 0 saturated heterocycles. The number of imidazole rings is 1. The predicted molar refractivity (Wildman–Crippen MR) is 86.8 cm³/mol. The highest BCUT2D eigenvalue weighted by molar-refractivity contribution is 5.80. The lowest BCUT2D eigenvalue weighted by Gasteiger charge is -2.22. The van der Waals surface area contributed by atoms with E-state index in [1.54, 1.807) is 0 Å². The maximum absolute atomic E-state index is 10.6. The van der Waals surface area contributed by atoms with Crippen molar-refractivity contribution in [2.24, 2.45) is 0 Å². The van der Waals surface area contributed by atoms with Crippen molar-refractivity contribution < 1.29 is 20.1 Å². The Morgan fingerprint density at radius 3 is 2.57 bits per heavy atom. The number of nitrogens with two attached hydrogens (primary N) is 1. The van der Waals surface area contributed by atoms with Crippen molar-refractivity contribution in [3.8, 4) is 0 Å². The number of carboxylic acids is 1. The van der Waals surface area contributed by atoms with Crippen LogP contribution in [0.3, 0.4) is 0 Å². The van der Waals surface area contributed by atoms with E-state index in [0.29, 0.717) is 37.3 Å². The fraction of sp³-hybridized carbons (Fsp3) is 0.467. The lowest BCUT2D eigenvalue weighted by molar-refractivity contribution is -0.137. The van der Waals surface area contributed by atoms with Gasteiger partial charge in [0.05, 0.1) is 24.2 Å². The number of nitrogen functional groups attached to an aromatic ring is 1. The van der Waals surface area contributed by atoms with E-state index < -0.39 is 5.97 Å². The van der Waals surface area contributed by atoms with Gasteiger partial charge in [0, 0.05) is 31.6 Å².